The number of allylic oxidation sites excluding steroid dienone is 1. The van der Waals surface area contributed by atoms with Crippen LogP contribution in [-0.4, -0.2) is 24.3 Å². The number of halogens is 2. The summed E-state index contributed by atoms with van der Waals surface area (Å²) >= 11 is 7.04. The second kappa shape index (κ2) is 10.2. The highest BCUT2D eigenvalue weighted by atomic mass is 127. The average molecular weight is 653 g/mol. The van der Waals surface area contributed by atoms with Crippen LogP contribution in [-0.2, 0) is 9.53 Å². The fourth-order valence-electron chi connectivity index (χ4n) is 3.86. The Labute approximate surface area is 222 Å². The van der Waals surface area contributed by atoms with Gasteiger partial charge >= 0.3 is 5.97 Å². The maximum Gasteiger partial charge on any atom is 0.338 e. The zero-order chi connectivity index (χ0) is 24.6. The molecule has 1 atom stereocenters. The molecule has 0 fully saturated rings. The SMILES string of the molecule is CCOC(=O)C1=C(C)N=c2s/c(=C/c3cc(Br)c(OC)c(I)c3)c(=O)n2[C@H]1c1ccc(C)cc1. The number of benzene rings is 2. The average Bonchev–Trinajstić information content (AvgIpc) is 3.08. The maximum atomic E-state index is 13.7. The summed E-state index contributed by atoms with van der Waals surface area (Å²) < 4.78 is 14.6. The third-order valence-electron chi connectivity index (χ3n) is 5.43. The highest BCUT2D eigenvalue weighted by molar-refractivity contribution is 14.1. The van der Waals surface area contributed by atoms with E-state index in [0.717, 1.165) is 30.5 Å². The second-order valence-corrected chi connectivity index (χ2v) is 10.8. The molecule has 0 bridgehead atoms. The van der Waals surface area contributed by atoms with E-state index in [1.54, 1.807) is 25.5 Å². The van der Waals surface area contributed by atoms with Crippen LogP contribution in [0.3, 0.4) is 0 Å². The Morgan fingerprint density at radius 2 is 1.97 bits per heavy atom. The molecule has 6 nitrogen and oxygen atoms in total. The molecule has 176 valence electrons. The molecule has 0 saturated carbocycles. The Balaban J connectivity index is 1.94. The van der Waals surface area contributed by atoms with E-state index in [9.17, 15) is 9.59 Å². The van der Waals surface area contributed by atoms with E-state index in [2.05, 4.69) is 43.5 Å². The van der Waals surface area contributed by atoms with E-state index in [4.69, 9.17) is 9.47 Å². The number of esters is 1. The summed E-state index contributed by atoms with van der Waals surface area (Å²) in [7, 11) is 1.62. The van der Waals surface area contributed by atoms with Crippen molar-refractivity contribution < 1.29 is 14.3 Å². The molecule has 4 rings (SSSR count). The molecular formula is C25H22BrIN2O4S. The van der Waals surface area contributed by atoms with Gasteiger partial charge in [-0.2, -0.15) is 0 Å². The molecule has 0 saturated heterocycles. The summed E-state index contributed by atoms with van der Waals surface area (Å²) in [6, 6.07) is 11.1. The van der Waals surface area contributed by atoms with Gasteiger partial charge in [0.25, 0.3) is 5.56 Å². The highest BCUT2D eigenvalue weighted by Crippen LogP contribution is 2.32. The zero-order valence-electron chi connectivity index (χ0n) is 19.0. The molecule has 0 radical (unpaired) electrons. The quantitative estimate of drug-likeness (QED) is 0.301. The lowest BCUT2D eigenvalue weighted by Crippen LogP contribution is -2.39. The van der Waals surface area contributed by atoms with Crippen molar-refractivity contribution in [3.05, 3.63) is 92.1 Å². The van der Waals surface area contributed by atoms with Crippen molar-refractivity contribution >= 4 is 61.9 Å². The van der Waals surface area contributed by atoms with E-state index >= 15 is 0 Å². The number of fused-ring (bicyclic) bond motifs is 1. The predicted octanol–water partition coefficient (Wildman–Crippen LogP) is 4.48. The van der Waals surface area contributed by atoms with Crippen LogP contribution in [0.2, 0.25) is 0 Å². The Morgan fingerprint density at radius 3 is 2.59 bits per heavy atom. The number of aromatic nitrogens is 1. The summed E-state index contributed by atoms with van der Waals surface area (Å²) in [5.41, 5.74) is 3.51. The van der Waals surface area contributed by atoms with Gasteiger partial charge in [0.2, 0.25) is 0 Å². The van der Waals surface area contributed by atoms with Crippen molar-refractivity contribution in [3.63, 3.8) is 0 Å². The normalized spacial score (nSPS) is 15.7. The number of methoxy groups -OCH3 is 1. The van der Waals surface area contributed by atoms with E-state index in [-0.39, 0.29) is 12.2 Å². The van der Waals surface area contributed by atoms with Crippen LogP contribution in [0.5, 0.6) is 5.75 Å². The summed E-state index contributed by atoms with van der Waals surface area (Å²) in [5, 5.41) is 0. The molecular weight excluding hydrogens is 631 g/mol. The number of nitrogens with zero attached hydrogens (tertiary/aromatic N) is 2. The number of carbonyl (C=O) groups excluding carboxylic acids is 1. The predicted molar refractivity (Wildman–Crippen MR) is 145 cm³/mol. The standard InChI is InChI=1S/C25H22BrIN2O4S/c1-5-33-24(31)20-14(3)28-25-29(21(20)16-8-6-13(2)7-9-16)23(30)19(34-25)12-15-10-17(26)22(32-4)18(27)11-15/h6-12,21H,5H2,1-4H3/b19-12+/t21-/m0/s1. The van der Waals surface area contributed by atoms with Gasteiger partial charge in [-0.3, -0.25) is 9.36 Å². The van der Waals surface area contributed by atoms with E-state index in [0.29, 0.717) is 20.6 Å². The Bertz CT molecular complexity index is 1470. The summed E-state index contributed by atoms with van der Waals surface area (Å²) in [6.45, 7) is 5.79. The summed E-state index contributed by atoms with van der Waals surface area (Å²) in [4.78, 5) is 31.8. The van der Waals surface area contributed by atoms with Gasteiger partial charge < -0.3 is 9.47 Å². The molecule has 34 heavy (non-hydrogen) atoms. The smallest absolute Gasteiger partial charge is 0.338 e. The molecule has 1 aliphatic heterocycles. The highest BCUT2D eigenvalue weighted by Gasteiger charge is 2.33. The van der Waals surface area contributed by atoms with Crippen molar-refractivity contribution in [3.8, 4) is 5.75 Å². The van der Waals surface area contributed by atoms with Crippen LogP contribution >= 0.6 is 49.9 Å². The number of hydrogen-bond donors (Lipinski definition) is 0. The topological polar surface area (TPSA) is 69.9 Å². The maximum absolute atomic E-state index is 13.7. The van der Waals surface area contributed by atoms with Crippen LogP contribution in [0.4, 0.5) is 0 Å². The first-order valence-corrected chi connectivity index (χ1v) is 13.2. The van der Waals surface area contributed by atoms with Crippen molar-refractivity contribution in [2.24, 2.45) is 4.99 Å². The molecule has 0 N–H and O–H groups in total. The molecule has 2 heterocycles. The minimum Gasteiger partial charge on any atom is -0.494 e. The van der Waals surface area contributed by atoms with Crippen molar-refractivity contribution in [1.82, 2.24) is 4.57 Å². The molecule has 0 amide bonds. The number of thiazole rings is 1. The van der Waals surface area contributed by atoms with Crippen LogP contribution in [0.15, 0.2) is 61.9 Å². The van der Waals surface area contributed by atoms with Gasteiger partial charge in [0.05, 0.1) is 43.6 Å². The van der Waals surface area contributed by atoms with Crippen molar-refractivity contribution in [2.75, 3.05) is 13.7 Å². The first kappa shape index (κ1) is 24.9. The van der Waals surface area contributed by atoms with Crippen LogP contribution < -0.4 is 19.6 Å². The molecule has 0 spiro atoms. The fraction of sp³-hybridized carbons (Fsp3) is 0.240. The van der Waals surface area contributed by atoms with Gasteiger partial charge in [0.15, 0.2) is 4.80 Å². The number of rotatable bonds is 5. The minimum atomic E-state index is -0.610. The lowest BCUT2D eigenvalue weighted by Gasteiger charge is -2.24. The van der Waals surface area contributed by atoms with Gasteiger partial charge in [0, 0.05) is 0 Å². The van der Waals surface area contributed by atoms with Crippen LogP contribution in [0.1, 0.15) is 36.6 Å². The van der Waals surface area contributed by atoms with Gasteiger partial charge in [-0.1, -0.05) is 41.2 Å². The van der Waals surface area contributed by atoms with Gasteiger partial charge in [-0.15, -0.1) is 0 Å². The van der Waals surface area contributed by atoms with Crippen molar-refractivity contribution in [1.29, 1.82) is 0 Å². The first-order chi connectivity index (χ1) is 16.2. The minimum absolute atomic E-state index is 0.203. The number of ether oxygens (including phenoxy) is 2. The van der Waals surface area contributed by atoms with Gasteiger partial charge in [-0.05, 0) is 88.6 Å². The molecule has 2 aromatic carbocycles. The third kappa shape index (κ3) is 4.65. The van der Waals surface area contributed by atoms with E-state index in [1.807, 2.05) is 49.4 Å². The van der Waals surface area contributed by atoms with Gasteiger partial charge in [-0.25, -0.2) is 9.79 Å². The lowest BCUT2D eigenvalue weighted by molar-refractivity contribution is -0.139. The molecule has 0 aliphatic carbocycles. The molecule has 9 heteroatoms. The monoisotopic (exact) mass is 652 g/mol. The summed E-state index contributed by atoms with van der Waals surface area (Å²) in [5.74, 6) is 0.283. The Kier molecular flexibility index (Phi) is 7.44. The van der Waals surface area contributed by atoms with E-state index < -0.39 is 12.0 Å². The first-order valence-electron chi connectivity index (χ1n) is 10.5. The fourth-order valence-corrected chi connectivity index (χ4v) is 6.79. The lowest BCUT2D eigenvalue weighted by atomic mass is 9.95. The largest absolute Gasteiger partial charge is 0.494 e. The molecule has 1 aromatic heterocycles. The Morgan fingerprint density at radius 1 is 1.26 bits per heavy atom. The second-order valence-electron chi connectivity index (χ2n) is 7.73. The van der Waals surface area contributed by atoms with Crippen molar-refractivity contribution in [2.45, 2.75) is 26.8 Å². The zero-order valence-corrected chi connectivity index (χ0v) is 23.6. The van der Waals surface area contributed by atoms with Gasteiger partial charge in [0.1, 0.15) is 5.75 Å². The number of hydrogen-bond acceptors (Lipinski definition) is 6. The molecule has 1 aliphatic rings. The number of aryl methyl sites for hydroxylation is 1. The molecule has 0 unspecified atom stereocenters. The van der Waals surface area contributed by atoms with Crippen LogP contribution in [0.25, 0.3) is 6.08 Å². The Hall–Kier alpha value is -2.24. The van der Waals surface area contributed by atoms with E-state index in [1.165, 1.54) is 11.3 Å². The number of carbonyl (C=O) groups is 1. The molecule has 3 aromatic rings. The third-order valence-corrected chi connectivity index (χ3v) is 7.81. The van der Waals surface area contributed by atoms with Crippen LogP contribution in [0, 0.1) is 10.5 Å². The summed E-state index contributed by atoms with van der Waals surface area (Å²) in [6.07, 6.45) is 1.84.